The number of alkyl halides is 3. The van der Waals surface area contributed by atoms with Crippen LogP contribution >= 0.6 is 0 Å². The average Bonchev–Trinajstić information content (AvgIpc) is 3.20. The van der Waals surface area contributed by atoms with Crippen molar-refractivity contribution in [2.45, 2.75) is 19.1 Å². The van der Waals surface area contributed by atoms with Crippen LogP contribution in [0.2, 0.25) is 0 Å². The van der Waals surface area contributed by atoms with Crippen LogP contribution in [0.25, 0.3) is 0 Å². The number of rotatable bonds is 5. The molecule has 1 aromatic heterocycles. The van der Waals surface area contributed by atoms with Gasteiger partial charge in [0.05, 0.1) is 30.2 Å². The van der Waals surface area contributed by atoms with Gasteiger partial charge in [0.15, 0.2) is 0 Å². The molecule has 8 heteroatoms. The van der Waals surface area contributed by atoms with Gasteiger partial charge in [0, 0.05) is 5.69 Å². The highest BCUT2D eigenvalue weighted by molar-refractivity contribution is 5.99. The maximum absolute atomic E-state index is 12.5. The second-order valence-corrected chi connectivity index (χ2v) is 5.81. The third-order valence-corrected chi connectivity index (χ3v) is 3.96. The summed E-state index contributed by atoms with van der Waals surface area (Å²) < 4.78 is 42.6. The van der Waals surface area contributed by atoms with Crippen LogP contribution in [-0.2, 0) is 22.3 Å². The number of amides is 2. The monoisotopic (exact) mass is 352 g/mol. The number of halogens is 3. The highest BCUT2D eigenvalue weighted by Crippen LogP contribution is 2.39. The molecule has 132 valence electrons. The Bertz CT molecular complexity index is 754. The van der Waals surface area contributed by atoms with Gasteiger partial charge in [-0.25, -0.2) is 0 Å². The van der Waals surface area contributed by atoms with E-state index in [1.54, 1.807) is 12.1 Å². The summed E-state index contributed by atoms with van der Waals surface area (Å²) in [5.74, 6) is -0.912. The molecule has 2 N–H and O–H groups in total. The van der Waals surface area contributed by atoms with Crippen molar-refractivity contribution < 1.29 is 27.2 Å². The highest BCUT2D eigenvalue weighted by atomic mass is 19.4. The number of anilines is 1. The van der Waals surface area contributed by atoms with Crippen LogP contribution in [0.4, 0.5) is 18.9 Å². The minimum Gasteiger partial charge on any atom is -0.467 e. The average molecular weight is 352 g/mol. The smallest absolute Gasteiger partial charge is 0.416 e. The Morgan fingerprint density at radius 1 is 1.08 bits per heavy atom. The molecular weight excluding hydrogens is 337 g/mol. The normalized spacial score (nSPS) is 19.3. The Kier molecular flexibility index (Phi) is 4.52. The maximum atomic E-state index is 12.5. The molecule has 3 rings (SSSR count). The van der Waals surface area contributed by atoms with E-state index in [9.17, 15) is 22.8 Å². The van der Waals surface area contributed by atoms with E-state index < -0.39 is 23.6 Å². The lowest BCUT2D eigenvalue weighted by Crippen LogP contribution is -2.26. The fraction of sp³-hybridized carbons (Fsp3) is 0.294. The molecule has 0 saturated heterocycles. The first-order valence-corrected chi connectivity index (χ1v) is 7.63. The van der Waals surface area contributed by atoms with Crippen LogP contribution in [-0.4, -0.2) is 11.8 Å². The fourth-order valence-electron chi connectivity index (χ4n) is 2.47. The van der Waals surface area contributed by atoms with E-state index in [-0.39, 0.29) is 24.0 Å². The van der Waals surface area contributed by atoms with E-state index in [2.05, 4.69) is 10.6 Å². The van der Waals surface area contributed by atoms with Crippen LogP contribution < -0.4 is 10.6 Å². The number of furan rings is 1. The van der Waals surface area contributed by atoms with Crippen molar-refractivity contribution in [3.05, 3.63) is 54.0 Å². The van der Waals surface area contributed by atoms with Crippen molar-refractivity contribution in [1.82, 2.24) is 5.32 Å². The van der Waals surface area contributed by atoms with Gasteiger partial charge in [-0.1, -0.05) is 0 Å². The summed E-state index contributed by atoms with van der Waals surface area (Å²) in [7, 11) is 0. The van der Waals surface area contributed by atoms with Gasteiger partial charge in [0.1, 0.15) is 5.76 Å². The van der Waals surface area contributed by atoms with E-state index in [0.717, 1.165) is 12.1 Å². The Morgan fingerprint density at radius 2 is 1.76 bits per heavy atom. The third kappa shape index (κ3) is 4.20. The first-order chi connectivity index (χ1) is 11.8. The van der Waals surface area contributed by atoms with Crippen molar-refractivity contribution in [2.75, 3.05) is 5.32 Å². The second kappa shape index (κ2) is 6.62. The predicted molar refractivity (Wildman–Crippen MR) is 82.2 cm³/mol. The van der Waals surface area contributed by atoms with E-state index in [1.807, 2.05) is 0 Å². The fourth-order valence-corrected chi connectivity index (χ4v) is 2.47. The molecule has 0 bridgehead atoms. The lowest BCUT2D eigenvalue weighted by atomic mass is 10.2. The van der Waals surface area contributed by atoms with Crippen molar-refractivity contribution in [2.24, 2.45) is 11.8 Å². The van der Waals surface area contributed by atoms with Gasteiger partial charge in [-0.15, -0.1) is 0 Å². The summed E-state index contributed by atoms with van der Waals surface area (Å²) in [5.41, 5.74) is -0.522. The molecule has 25 heavy (non-hydrogen) atoms. The zero-order chi connectivity index (χ0) is 18.0. The molecule has 5 nitrogen and oxygen atoms in total. The van der Waals surface area contributed by atoms with Gasteiger partial charge in [0.25, 0.3) is 0 Å². The van der Waals surface area contributed by atoms with Crippen LogP contribution in [0.15, 0.2) is 47.1 Å². The number of hydrogen-bond donors (Lipinski definition) is 2. The summed E-state index contributed by atoms with van der Waals surface area (Å²) in [6.07, 6.45) is -2.51. The molecular formula is C17H15F3N2O3. The summed E-state index contributed by atoms with van der Waals surface area (Å²) in [4.78, 5) is 24.0. The van der Waals surface area contributed by atoms with Crippen molar-refractivity contribution in [3.8, 4) is 0 Å². The van der Waals surface area contributed by atoms with Crippen molar-refractivity contribution in [1.29, 1.82) is 0 Å². The van der Waals surface area contributed by atoms with Gasteiger partial charge in [-0.3, -0.25) is 9.59 Å². The van der Waals surface area contributed by atoms with E-state index >= 15 is 0 Å². The number of nitrogens with one attached hydrogen (secondary N) is 2. The van der Waals surface area contributed by atoms with Gasteiger partial charge >= 0.3 is 6.18 Å². The Hall–Kier alpha value is -2.77. The minimum absolute atomic E-state index is 0.246. The number of hydrogen-bond acceptors (Lipinski definition) is 3. The molecule has 0 spiro atoms. The molecule has 0 radical (unpaired) electrons. The first-order valence-electron chi connectivity index (χ1n) is 7.63. The molecule has 2 amide bonds. The zero-order valence-electron chi connectivity index (χ0n) is 13.0. The molecule has 1 aromatic carbocycles. The van der Waals surface area contributed by atoms with Gasteiger partial charge in [-0.2, -0.15) is 13.2 Å². The number of benzene rings is 1. The molecule has 2 unspecified atom stereocenters. The number of carbonyl (C=O) groups is 2. The summed E-state index contributed by atoms with van der Waals surface area (Å²) in [5, 5.41) is 5.21. The summed E-state index contributed by atoms with van der Waals surface area (Å²) in [6.45, 7) is 0.246. The highest BCUT2D eigenvalue weighted by Gasteiger charge is 2.48. The van der Waals surface area contributed by atoms with Crippen LogP contribution in [0.1, 0.15) is 17.7 Å². The van der Waals surface area contributed by atoms with Crippen molar-refractivity contribution in [3.63, 3.8) is 0 Å². The van der Waals surface area contributed by atoms with Crippen LogP contribution in [0.5, 0.6) is 0 Å². The Labute approximate surface area is 141 Å². The summed E-state index contributed by atoms with van der Waals surface area (Å²) >= 11 is 0. The SMILES string of the molecule is O=C(NCc1ccco1)C1CC1C(=O)Nc1ccc(C(F)(F)F)cc1. The molecule has 0 aliphatic heterocycles. The predicted octanol–water partition coefficient (Wildman–Crippen LogP) is 3.19. The molecule has 1 saturated carbocycles. The molecule has 1 fully saturated rings. The zero-order valence-corrected chi connectivity index (χ0v) is 13.0. The molecule has 2 atom stereocenters. The molecule has 1 aliphatic carbocycles. The van der Waals surface area contributed by atoms with Crippen molar-refractivity contribution >= 4 is 17.5 Å². The Morgan fingerprint density at radius 3 is 2.36 bits per heavy atom. The van der Waals surface area contributed by atoms with E-state index in [4.69, 9.17) is 4.42 Å². The lowest BCUT2D eigenvalue weighted by molar-refractivity contribution is -0.137. The topological polar surface area (TPSA) is 71.3 Å². The number of carbonyl (C=O) groups excluding carboxylic acids is 2. The van der Waals surface area contributed by atoms with Crippen LogP contribution in [0.3, 0.4) is 0 Å². The lowest BCUT2D eigenvalue weighted by Gasteiger charge is -2.09. The quantitative estimate of drug-likeness (QED) is 0.868. The van der Waals surface area contributed by atoms with Gasteiger partial charge < -0.3 is 15.1 Å². The molecule has 2 aromatic rings. The third-order valence-electron chi connectivity index (χ3n) is 3.96. The Balaban J connectivity index is 1.49. The standard InChI is InChI=1S/C17H15F3N2O3/c18-17(19,20)10-3-5-11(6-4-10)22-16(24)14-8-13(14)15(23)21-9-12-2-1-7-25-12/h1-7,13-14H,8-9H2,(H,21,23)(H,22,24). The summed E-state index contributed by atoms with van der Waals surface area (Å²) in [6, 6.07) is 7.61. The second-order valence-electron chi connectivity index (χ2n) is 5.81. The van der Waals surface area contributed by atoms with Gasteiger partial charge in [0.2, 0.25) is 11.8 Å². The molecule has 1 aliphatic rings. The maximum Gasteiger partial charge on any atom is 0.416 e. The minimum atomic E-state index is -4.42. The molecule has 1 heterocycles. The van der Waals surface area contributed by atoms with Gasteiger partial charge in [-0.05, 0) is 42.8 Å². The first kappa shape index (κ1) is 17.1. The van der Waals surface area contributed by atoms with E-state index in [0.29, 0.717) is 12.2 Å². The van der Waals surface area contributed by atoms with E-state index in [1.165, 1.54) is 18.4 Å². The largest absolute Gasteiger partial charge is 0.467 e. The van der Waals surface area contributed by atoms with Crippen LogP contribution in [0, 0.1) is 11.8 Å².